The quantitative estimate of drug-likeness (QED) is 0.680. The van der Waals surface area contributed by atoms with Crippen molar-refractivity contribution in [2.24, 2.45) is 11.3 Å². The maximum absolute atomic E-state index is 10.5. The normalized spacial score (nSPS) is 19.5. The average Bonchev–Trinajstić information content (AvgIpc) is 1.50. The van der Waals surface area contributed by atoms with Gasteiger partial charge in [0.1, 0.15) is 0 Å². The molecule has 0 heterocycles. The molecule has 1 fully saturated rings. The van der Waals surface area contributed by atoms with Crippen molar-refractivity contribution in [1.29, 1.82) is 0 Å². The first-order chi connectivity index (χ1) is 5.02. The van der Waals surface area contributed by atoms with E-state index in [1.807, 2.05) is 0 Å². The predicted molar refractivity (Wildman–Crippen MR) is 43.4 cm³/mol. The lowest BCUT2D eigenvalue weighted by Crippen LogP contribution is -2.31. The molecule has 1 N–H and O–H groups in total. The first-order valence-corrected chi connectivity index (χ1v) is 4.24. The van der Waals surface area contributed by atoms with Gasteiger partial charge in [-0.3, -0.25) is 4.79 Å². The van der Waals surface area contributed by atoms with E-state index >= 15 is 0 Å². The van der Waals surface area contributed by atoms with Gasteiger partial charge >= 0.3 is 5.97 Å². The molecule has 0 bridgehead atoms. The number of carbonyl (C=O) groups is 1. The van der Waals surface area contributed by atoms with Crippen molar-refractivity contribution in [3.05, 3.63) is 0 Å². The highest BCUT2D eigenvalue weighted by atomic mass is 16.4. The molecule has 1 aliphatic carbocycles. The van der Waals surface area contributed by atoms with Crippen molar-refractivity contribution < 1.29 is 9.90 Å². The molecular formula is C9H16O2. The Bertz CT molecular complexity index is 157. The Morgan fingerprint density at radius 1 is 1.55 bits per heavy atom. The average molecular weight is 156 g/mol. The van der Waals surface area contributed by atoms with E-state index in [-0.39, 0.29) is 5.41 Å². The summed E-state index contributed by atoms with van der Waals surface area (Å²) in [5.41, 5.74) is 0.0179. The minimum Gasteiger partial charge on any atom is -0.481 e. The Kier molecular flexibility index (Phi) is 2.21. The summed E-state index contributed by atoms with van der Waals surface area (Å²) in [6.07, 6.45) is 4.05. The molecule has 1 rings (SSSR count). The fourth-order valence-corrected chi connectivity index (χ4v) is 1.72. The molecule has 0 unspecified atom stereocenters. The zero-order valence-corrected chi connectivity index (χ0v) is 7.26. The Labute approximate surface area is 67.6 Å². The van der Waals surface area contributed by atoms with Crippen molar-refractivity contribution >= 4 is 5.97 Å². The van der Waals surface area contributed by atoms with Crippen LogP contribution in [0.3, 0.4) is 0 Å². The summed E-state index contributed by atoms with van der Waals surface area (Å²) < 4.78 is 0. The van der Waals surface area contributed by atoms with E-state index in [1.54, 1.807) is 0 Å². The second kappa shape index (κ2) is 2.84. The molecule has 1 saturated carbocycles. The van der Waals surface area contributed by atoms with Gasteiger partial charge in [-0.2, -0.15) is 0 Å². The third kappa shape index (κ3) is 1.95. The van der Waals surface area contributed by atoms with Crippen LogP contribution in [-0.4, -0.2) is 11.1 Å². The standard InChI is InChI=1S/C9H16O2/c1-9(2,6-8(10)11)7-4-3-5-7/h7H,3-6H2,1-2H3,(H,10,11). The van der Waals surface area contributed by atoms with E-state index in [1.165, 1.54) is 19.3 Å². The van der Waals surface area contributed by atoms with Crippen LogP contribution in [0.1, 0.15) is 39.5 Å². The highest BCUT2D eigenvalue weighted by Crippen LogP contribution is 2.43. The van der Waals surface area contributed by atoms with Gasteiger partial charge in [-0.1, -0.05) is 20.3 Å². The molecule has 1 aliphatic rings. The van der Waals surface area contributed by atoms with Gasteiger partial charge < -0.3 is 5.11 Å². The SMILES string of the molecule is CC(C)(CC(=O)O)C1CCC1. The third-order valence-corrected chi connectivity index (χ3v) is 2.82. The second-order valence-corrected chi connectivity index (χ2v) is 4.19. The molecular weight excluding hydrogens is 140 g/mol. The Hall–Kier alpha value is -0.530. The zero-order valence-electron chi connectivity index (χ0n) is 7.26. The molecule has 64 valence electrons. The summed E-state index contributed by atoms with van der Waals surface area (Å²) in [4.78, 5) is 10.5. The lowest BCUT2D eigenvalue weighted by molar-refractivity contribution is -0.140. The molecule has 0 amide bonds. The largest absolute Gasteiger partial charge is 0.481 e. The number of carboxylic acid groups (broad SMARTS) is 1. The first-order valence-electron chi connectivity index (χ1n) is 4.24. The maximum Gasteiger partial charge on any atom is 0.303 e. The summed E-state index contributed by atoms with van der Waals surface area (Å²) in [7, 11) is 0. The van der Waals surface area contributed by atoms with Crippen LogP contribution in [0.25, 0.3) is 0 Å². The van der Waals surface area contributed by atoms with Crippen LogP contribution in [0.15, 0.2) is 0 Å². The van der Waals surface area contributed by atoms with Crippen LogP contribution in [-0.2, 0) is 4.79 Å². The van der Waals surface area contributed by atoms with Gasteiger partial charge in [0.2, 0.25) is 0 Å². The topological polar surface area (TPSA) is 37.3 Å². The summed E-state index contributed by atoms with van der Waals surface area (Å²) in [5, 5.41) is 8.62. The van der Waals surface area contributed by atoms with Crippen LogP contribution >= 0.6 is 0 Å². The highest BCUT2D eigenvalue weighted by molar-refractivity contribution is 5.67. The highest BCUT2D eigenvalue weighted by Gasteiger charge is 2.35. The van der Waals surface area contributed by atoms with E-state index in [2.05, 4.69) is 13.8 Å². The smallest absolute Gasteiger partial charge is 0.303 e. The van der Waals surface area contributed by atoms with Crippen LogP contribution in [0.4, 0.5) is 0 Å². The van der Waals surface area contributed by atoms with E-state index in [0.29, 0.717) is 12.3 Å². The molecule has 0 radical (unpaired) electrons. The molecule has 0 aromatic heterocycles. The molecule has 2 nitrogen and oxygen atoms in total. The zero-order chi connectivity index (χ0) is 8.48. The van der Waals surface area contributed by atoms with E-state index in [0.717, 1.165) is 0 Å². The third-order valence-electron chi connectivity index (χ3n) is 2.82. The summed E-state index contributed by atoms with van der Waals surface area (Å²) in [6.45, 7) is 4.12. The maximum atomic E-state index is 10.5. The van der Waals surface area contributed by atoms with Gasteiger partial charge in [-0.25, -0.2) is 0 Å². The molecule has 0 aliphatic heterocycles. The van der Waals surface area contributed by atoms with Crippen molar-refractivity contribution in [3.8, 4) is 0 Å². The lowest BCUT2D eigenvalue weighted by atomic mass is 9.66. The summed E-state index contributed by atoms with van der Waals surface area (Å²) in [6, 6.07) is 0. The van der Waals surface area contributed by atoms with Gasteiger partial charge in [0, 0.05) is 0 Å². The fourth-order valence-electron chi connectivity index (χ4n) is 1.72. The molecule has 0 spiro atoms. The lowest BCUT2D eigenvalue weighted by Gasteiger charge is -2.39. The number of aliphatic carboxylic acids is 1. The number of rotatable bonds is 3. The van der Waals surface area contributed by atoms with E-state index in [9.17, 15) is 4.79 Å². The summed E-state index contributed by atoms with van der Waals surface area (Å²) >= 11 is 0. The first kappa shape index (κ1) is 8.57. The Balaban J connectivity index is 2.43. The Morgan fingerprint density at radius 3 is 2.36 bits per heavy atom. The van der Waals surface area contributed by atoms with Crippen LogP contribution in [0.5, 0.6) is 0 Å². The molecule has 0 aromatic rings. The minimum absolute atomic E-state index is 0.0179. The van der Waals surface area contributed by atoms with Crippen molar-refractivity contribution in [1.82, 2.24) is 0 Å². The van der Waals surface area contributed by atoms with Crippen LogP contribution < -0.4 is 0 Å². The van der Waals surface area contributed by atoms with Gasteiger partial charge in [0.25, 0.3) is 0 Å². The fraction of sp³-hybridized carbons (Fsp3) is 0.889. The molecule has 0 atom stereocenters. The second-order valence-electron chi connectivity index (χ2n) is 4.19. The predicted octanol–water partition coefficient (Wildman–Crippen LogP) is 2.29. The molecule has 11 heavy (non-hydrogen) atoms. The number of hydrogen-bond donors (Lipinski definition) is 1. The van der Waals surface area contributed by atoms with Crippen molar-refractivity contribution in [2.75, 3.05) is 0 Å². The molecule has 0 aromatic carbocycles. The number of hydrogen-bond acceptors (Lipinski definition) is 1. The number of carboxylic acids is 1. The van der Waals surface area contributed by atoms with Crippen LogP contribution in [0, 0.1) is 11.3 Å². The van der Waals surface area contributed by atoms with Gasteiger partial charge in [-0.15, -0.1) is 0 Å². The minimum atomic E-state index is -0.665. The van der Waals surface area contributed by atoms with Crippen molar-refractivity contribution in [2.45, 2.75) is 39.5 Å². The van der Waals surface area contributed by atoms with Gasteiger partial charge in [-0.05, 0) is 24.2 Å². The summed E-state index contributed by atoms with van der Waals surface area (Å²) in [5.74, 6) is -0.0134. The van der Waals surface area contributed by atoms with E-state index < -0.39 is 5.97 Å². The van der Waals surface area contributed by atoms with Gasteiger partial charge in [0.15, 0.2) is 0 Å². The molecule has 2 heteroatoms. The van der Waals surface area contributed by atoms with Crippen molar-refractivity contribution in [3.63, 3.8) is 0 Å². The Morgan fingerprint density at radius 2 is 2.09 bits per heavy atom. The van der Waals surface area contributed by atoms with E-state index in [4.69, 9.17) is 5.11 Å². The van der Waals surface area contributed by atoms with Gasteiger partial charge in [0.05, 0.1) is 6.42 Å². The molecule has 0 saturated heterocycles. The van der Waals surface area contributed by atoms with Crippen LogP contribution in [0.2, 0.25) is 0 Å². The monoisotopic (exact) mass is 156 g/mol.